The van der Waals surface area contributed by atoms with Gasteiger partial charge in [0.25, 0.3) is 0 Å². The van der Waals surface area contributed by atoms with Gasteiger partial charge in [0.05, 0.1) is 0 Å². The zero-order valence-electron chi connectivity index (χ0n) is 7.54. The largest absolute Gasteiger partial charge is 0.357 e. The summed E-state index contributed by atoms with van der Waals surface area (Å²) in [6.45, 7) is 0. The molecule has 4 heteroatoms. The fourth-order valence-electron chi connectivity index (χ4n) is 1.58. The monoisotopic (exact) mass is 166 g/mol. The lowest BCUT2D eigenvalue weighted by Gasteiger charge is -2.23. The molecule has 1 aliphatic rings. The first kappa shape index (κ1) is 7.58. The van der Waals surface area contributed by atoms with Gasteiger partial charge in [0.1, 0.15) is 5.82 Å². The maximum atomic E-state index is 4.16. The van der Waals surface area contributed by atoms with Gasteiger partial charge in [-0.2, -0.15) is 0 Å². The highest BCUT2D eigenvalue weighted by molar-refractivity contribution is 5.25. The van der Waals surface area contributed by atoms with Crippen molar-refractivity contribution in [2.75, 3.05) is 12.4 Å². The molecule has 0 amide bonds. The molecular weight excluding hydrogens is 152 g/mol. The van der Waals surface area contributed by atoms with Gasteiger partial charge in [-0.15, -0.1) is 10.2 Å². The number of hydrogen-bond donors (Lipinski definition) is 1. The molecule has 0 unspecified atom stereocenters. The normalized spacial score (nSPS) is 17.5. The molecule has 0 radical (unpaired) electrons. The third kappa shape index (κ3) is 0.983. The number of rotatable bonds is 2. The van der Waals surface area contributed by atoms with Crippen LogP contribution in [0.15, 0.2) is 0 Å². The Hall–Kier alpha value is -1.06. The minimum absolute atomic E-state index is 0.657. The van der Waals surface area contributed by atoms with Gasteiger partial charge in [-0.05, 0) is 12.8 Å². The number of aromatic nitrogens is 3. The molecule has 1 N–H and O–H groups in total. The zero-order valence-corrected chi connectivity index (χ0v) is 7.54. The average molecular weight is 166 g/mol. The first-order valence-corrected chi connectivity index (χ1v) is 4.40. The van der Waals surface area contributed by atoms with Crippen molar-refractivity contribution in [2.24, 2.45) is 7.05 Å². The van der Waals surface area contributed by atoms with Crippen LogP contribution in [0, 0.1) is 0 Å². The van der Waals surface area contributed by atoms with E-state index in [1.165, 1.54) is 19.3 Å². The van der Waals surface area contributed by atoms with Gasteiger partial charge < -0.3 is 9.88 Å². The second-order valence-corrected chi connectivity index (χ2v) is 3.32. The van der Waals surface area contributed by atoms with Gasteiger partial charge in [-0.25, -0.2) is 0 Å². The molecule has 1 saturated carbocycles. The molecule has 1 aliphatic carbocycles. The van der Waals surface area contributed by atoms with Gasteiger partial charge in [-0.3, -0.25) is 0 Å². The van der Waals surface area contributed by atoms with Crippen molar-refractivity contribution in [3.8, 4) is 0 Å². The van der Waals surface area contributed by atoms with Gasteiger partial charge in [0, 0.05) is 20.0 Å². The van der Waals surface area contributed by atoms with Crippen LogP contribution >= 0.6 is 0 Å². The van der Waals surface area contributed by atoms with Crippen molar-refractivity contribution >= 4 is 5.95 Å². The lowest BCUT2D eigenvalue weighted by molar-refractivity contribution is 0.392. The predicted molar refractivity (Wildman–Crippen MR) is 47.1 cm³/mol. The molecule has 1 aromatic heterocycles. The van der Waals surface area contributed by atoms with Crippen LogP contribution in [0.3, 0.4) is 0 Å². The fourth-order valence-corrected chi connectivity index (χ4v) is 1.58. The first-order chi connectivity index (χ1) is 5.83. The first-order valence-electron chi connectivity index (χ1n) is 4.40. The lowest BCUT2D eigenvalue weighted by Crippen LogP contribution is -2.14. The number of anilines is 1. The van der Waals surface area contributed by atoms with Crippen molar-refractivity contribution in [3.05, 3.63) is 5.82 Å². The SMILES string of the molecule is CNc1nnc(C2CCC2)n1C. The van der Waals surface area contributed by atoms with E-state index in [0.29, 0.717) is 5.92 Å². The van der Waals surface area contributed by atoms with Gasteiger partial charge in [-0.1, -0.05) is 6.42 Å². The molecule has 4 nitrogen and oxygen atoms in total. The Labute approximate surface area is 72.0 Å². The molecule has 66 valence electrons. The molecule has 2 rings (SSSR count). The Bertz CT molecular complexity index is 275. The predicted octanol–water partition coefficient (Wildman–Crippen LogP) is 1.12. The van der Waals surface area contributed by atoms with Crippen LogP contribution in [0.25, 0.3) is 0 Å². The summed E-state index contributed by atoms with van der Waals surface area (Å²) in [5.41, 5.74) is 0. The smallest absolute Gasteiger partial charge is 0.224 e. The van der Waals surface area contributed by atoms with E-state index >= 15 is 0 Å². The van der Waals surface area contributed by atoms with Crippen molar-refractivity contribution in [3.63, 3.8) is 0 Å². The minimum atomic E-state index is 0.657. The van der Waals surface area contributed by atoms with Crippen LogP contribution < -0.4 is 5.32 Å². The molecule has 0 saturated heterocycles. The van der Waals surface area contributed by atoms with E-state index in [4.69, 9.17) is 0 Å². The Balaban J connectivity index is 2.25. The van der Waals surface area contributed by atoms with Crippen LogP contribution in [-0.4, -0.2) is 21.8 Å². The Kier molecular flexibility index (Phi) is 1.75. The molecule has 1 heterocycles. The summed E-state index contributed by atoms with van der Waals surface area (Å²) in [4.78, 5) is 0. The lowest BCUT2D eigenvalue weighted by atomic mass is 9.85. The molecule has 0 aliphatic heterocycles. The Morgan fingerprint density at radius 2 is 2.17 bits per heavy atom. The Morgan fingerprint density at radius 1 is 1.42 bits per heavy atom. The van der Waals surface area contributed by atoms with E-state index in [1.807, 2.05) is 18.7 Å². The Morgan fingerprint density at radius 3 is 2.58 bits per heavy atom. The highest BCUT2D eigenvalue weighted by Crippen LogP contribution is 2.35. The van der Waals surface area contributed by atoms with E-state index in [-0.39, 0.29) is 0 Å². The average Bonchev–Trinajstić information content (AvgIpc) is 2.30. The number of nitrogens with zero attached hydrogens (tertiary/aromatic N) is 3. The second-order valence-electron chi connectivity index (χ2n) is 3.32. The summed E-state index contributed by atoms with van der Waals surface area (Å²) in [7, 11) is 3.88. The standard InChI is InChI=1S/C8H14N4/c1-9-8-11-10-7(12(8)2)6-4-3-5-6/h6H,3-5H2,1-2H3,(H,9,11). The van der Waals surface area contributed by atoms with E-state index in [1.54, 1.807) is 0 Å². The van der Waals surface area contributed by atoms with Crippen LogP contribution in [0.2, 0.25) is 0 Å². The molecule has 0 bridgehead atoms. The summed E-state index contributed by atoms with van der Waals surface area (Å²) in [5.74, 6) is 2.65. The van der Waals surface area contributed by atoms with Gasteiger partial charge >= 0.3 is 0 Å². The van der Waals surface area contributed by atoms with Crippen molar-refractivity contribution in [1.29, 1.82) is 0 Å². The van der Waals surface area contributed by atoms with E-state index < -0.39 is 0 Å². The van der Waals surface area contributed by atoms with Crippen LogP contribution in [0.1, 0.15) is 31.0 Å². The molecule has 0 atom stereocenters. The van der Waals surface area contributed by atoms with Crippen LogP contribution in [0.4, 0.5) is 5.95 Å². The number of hydrogen-bond acceptors (Lipinski definition) is 3. The van der Waals surface area contributed by atoms with E-state index in [9.17, 15) is 0 Å². The van der Waals surface area contributed by atoms with Crippen molar-refractivity contribution in [2.45, 2.75) is 25.2 Å². The summed E-state index contributed by atoms with van der Waals surface area (Å²) < 4.78 is 2.05. The fraction of sp³-hybridized carbons (Fsp3) is 0.750. The molecule has 12 heavy (non-hydrogen) atoms. The maximum absolute atomic E-state index is 4.16. The topological polar surface area (TPSA) is 42.7 Å². The molecular formula is C8H14N4. The summed E-state index contributed by atoms with van der Waals surface area (Å²) in [6.07, 6.45) is 3.89. The quantitative estimate of drug-likeness (QED) is 0.716. The third-order valence-corrected chi connectivity index (χ3v) is 2.60. The summed E-state index contributed by atoms with van der Waals surface area (Å²) in [6, 6.07) is 0. The van der Waals surface area contributed by atoms with E-state index in [2.05, 4.69) is 15.5 Å². The maximum Gasteiger partial charge on any atom is 0.224 e. The van der Waals surface area contributed by atoms with Crippen molar-refractivity contribution < 1.29 is 0 Å². The third-order valence-electron chi connectivity index (χ3n) is 2.60. The van der Waals surface area contributed by atoms with Crippen molar-refractivity contribution in [1.82, 2.24) is 14.8 Å². The second kappa shape index (κ2) is 2.77. The highest BCUT2D eigenvalue weighted by atomic mass is 15.3. The highest BCUT2D eigenvalue weighted by Gasteiger charge is 2.24. The number of nitrogens with one attached hydrogen (secondary N) is 1. The molecule has 0 spiro atoms. The summed E-state index contributed by atoms with van der Waals surface area (Å²) >= 11 is 0. The van der Waals surface area contributed by atoms with Crippen LogP contribution in [0.5, 0.6) is 0 Å². The zero-order chi connectivity index (χ0) is 8.55. The van der Waals surface area contributed by atoms with Crippen LogP contribution in [-0.2, 0) is 7.05 Å². The van der Waals surface area contributed by atoms with Gasteiger partial charge in [0.15, 0.2) is 0 Å². The molecule has 1 fully saturated rings. The molecule has 1 aromatic rings. The molecule has 0 aromatic carbocycles. The van der Waals surface area contributed by atoms with Gasteiger partial charge in [0.2, 0.25) is 5.95 Å². The minimum Gasteiger partial charge on any atom is -0.357 e. The summed E-state index contributed by atoms with van der Waals surface area (Å²) in [5, 5.41) is 11.2. The van der Waals surface area contributed by atoms with E-state index in [0.717, 1.165) is 11.8 Å².